The van der Waals surface area contributed by atoms with Crippen LogP contribution in [0.15, 0.2) is 12.4 Å². The number of carbonyl (C=O) groups is 1. The van der Waals surface area contributed by atoms with Crippen LogP contribution in [0.4, 0.5) is 13.2 Å². The predicted molar refractivity (Wildman–Crippen MR) is 55.7 cm³/mol. The minimum atomic E-state index is -4.77. The molecule has 0 bridgehead atoms. The van der Waals surface area contributed by atoms with Gasteiger partial charge in [-0.25, -0.2) is 0 Å². The van der Waals surface area contributed by atoms with E-state index in [2.05, 4.69) is 15.3 Å². The quantitative estimate of drug-likeness (QED) is 0.833. The van der Waals surface area contributed by atoms with Crippen molar-refractivity contribution in [3.05, 3.63) is 23.8 Å². The smallest absolute Gasteiger partial charge is 0.403 e. The summed E-state index contributed by atoms with van der Waals surface area (Å²) in [5.41, 5.74) is 1.14. The van der Waals surface area contributed by atoms with Gasteiger partial charge in [-0.15, -0.1) is 0 Å². The Balaban J connectivity index is 2.49. The first-order chi connectivity index (χ1) is 8.30. The molecule has 0 saturated heterocycles. The Hall–Kier alpha value is -1.70. The first-order valence-corrected chi connectivity index (χ1v) is 5.08. The maximum absolute atomic E-state index is 12.3. The van der Waals surface area contributed by atoms with Crippen LogP contribution < -0.4 is 5.32 Å². The summed E-state index contributed by atoms with van der Waals surface area (Å²) in [6, 6.07) is 0. The van der Waals surface area contributed by atoms with Gasteiger partial charge in [0.15, 0.2) is 5.92 Å². The van der Waals surface area contributed by atoms with Gasteiger partial charge in [-0.1, -0.05) is 0 Å². The number of hydrogen-bond donors (Lipinski definition) is 2. The molecule has 8 heteroatoms. The Morgan fingerprint density at radius 1 is 1.44 bits per heavy atom. The molecular formula is C10H12F3N3O2. The zero-order valence-corrected chi connectivity index (χ0v) is 9.53. The molecule has 2 N–H and O–H groups in total. The van der Waals surface area contributed by atoms with E-state index in [9.17, 15) is 18.0 Å². The third-order valence-corrected chi connectivity index (χ3v) is 2.18. The maximum Gasteiger partial charge on any atom is 0.403 e. The van der Waals surface area contributed by atoms with Gasteiger partial charge in [0, 0.05) is 25.5 Å². The topological polar surface area (TPSA) is 75.1 Å². The second kappa shape index (κ2) is 5.76. The third-order valence-electron chi connectivity index (χ3n) is 2.18. The van der Waals surface area contributed by atoms with E-state index in [1.54, 1.807) is 6.92 Å². The second-order valence-electron chi connectivity index (χ2n) is 3.71. The van der Waals surface area contributed by atoms with Gasteiger partial charge in [0.1, 0.15) is 0 Å². The number of nitrogens with zero attached hydrogens (tertiary/aromatic N) is 2. The third kappa shape index (κ3) is 4.28. The molecule has 0 aliphatic heterocycles. The van der Waals surface area contributed by atoms with Gasteiger partial charge in [0.2, 0.25) is 0 Å². The SMILES string of the molecule is Cc1cnc(CNCC(C(=O)O)C(F)(F)F)cn1. The Morgan fingerprint density at radius 3 is 2.56 bits per heavy atom. The highest BCUT2D eigenvalue weighted by Gasteiger charge is 2.44. The average molecular weight is 263 g/mol. The molecule has 1 heterocycles. The lowest BCUT2D eigenvalue weighted by atomic mass is 10.1. The lowest BCUT2D eigenvalue weighted by molar-refractivity contribution is -0.192. The van der Waals surface area contributed by atoms with Crippen molar-refractivity contribution < 1.29 is 23.1 Å². The number of aromatic nitrogens is 2. The van der Waals surface area contributed by atoms with Crippen molar-refractivity contribution in [2.75, 3.05) is 6.54 Å². The van der Waals surface area contributed by atoms with Gasteiger partial charge < -0.3 is 10.4 Å². The summed E-state index contributed by atoms with van der Waals surface area (Å²) in [4.78, 5) is 18.3. The summed E-state index contributed by atoms with van der Waals surface area (Å²) in [5.74, 6) is -4.32. The van der Waals surface area contributed by atoms with Gasteiger partial charge in [-0.2, -0.15) is 13.2 Å². The molecule has 5 nitrogen and oxygen atoms in total. The number of aryl methyl sites for hydroxylation is 1. The fourth-order valence-corrected chi connectivity index (χ4v) is 1.20. The molecule has 0 saturated carbocycles. The molecule has 0 fully saturated rings. The first-order valence-electron chi connectivity index (χ1n) is 5.08. The fourth-order valence-electron chi connectivity index (χ4n) is 1.20. The molecular weight excluding hydrogens is 251 g/mol. The zero-order chi connectivity index (χ0) is 13.8. The van der Waals surface area contributed by atoms with E-state index in [-0.39, 0.29) is 6.54 Å². The lowest BCUT2D eigenvalue weighted by Crippen LogP contribution is -2.39. The van der Waals surface area contributed by atoms with Crippen LogP contribution in [0.25, 0.3) is 0 Å². The first kappa shape index (κ1) is 14.4. The number of hydrogen-bond acceptors (Lipinski definition) is 4. The van der Waals surface area contributed by atoms with Crippen LogP contribution in [0.1, 0.15) is 11.4 Å². The summed E-state index contributed by atoms with van der Waals surface area (Å²) in [5, 5.41) is 10.9. The number of rotatable bonds is 5. The minimum Gasteiger partial charge on any atom is -0.481 e. The fraction of sp³-hybridized carbons (Fsp3) is 0.500. The van der Waals surface area contributed by atoms with E-state index in [0.717, 1.165) is 0 Å². The molecule has 0 aromatic carbocycles. The molecule has 0 aliphatic rings. The molecule has 0 spiro atoms. The van der Waals surface area contributed by atoms with E-state index in [0.29, 0.717) is 11.4 Å². The molecule has 1 atom stereocenters. The van der Waals surface area contributed by atoms with E-state index in [1.807, 2.05) is 0 Å². The monoisotopic (exact) mass is 263 g/mol. The van der Waals surface area contributed by atoms with Crippen molar-refractivity contribution in [3.8, 4) is 0 Å². The number of carboxylic acids is 1. The normalized spacial score (nSPS) is 13.3. The van der Waals surface area contributed by atoms with Gasteiger partial charge in [0.05, 0.1) is 11.4 Å². The van der Waals surface area contributed by atoms with Crippen LogP contribution in [0, 0.1) is 12.8 Å². The van der Waals surface area contributed by atoms with Crippen LogP contribution in [-0.2, 0) is 11.3 Å². The van der Waals surface area contributed by atoms with E-state index < -0.39 is 24.6 Å². The van der Waals surface area contributed by atoms with Crippen LogP contribution >= 0.6 is 0 Å². The number of carboxylic acid groups (broad SMARTS) is 1. The van der Waals surface area contributed by atoms with E-state index >= 15 is 0 Å². The summed E-state index contributed by atoms with van der Waals surface area (Å²) in [7, 11) is 0. The molecule has 1 rings (SSSR count). The molecule has 18 heavy (non-hydrogen) atoms. The number of aliphatic carboxylic acids is 1. The van der Waals surface area contributed by atoms with Crippen LogP contribution in [0.3, 0.4) is 0 Å². The molecule has 1 aromatic heterocycles. The predicted octanol–water partition coefficient (Wildman–Crippen LogP) is 1.14. The molecule has 1 aromatic rings. The largest absolute Gasteiger partial charge is 0.481 e. The number of nitrogens with one attached hydrogen (secondary N) is 1. The van der Waals surface area contributed by atoms with Crippen LogP contribution in [-0.4, -0.2) is 33.8 Å². The highest BCUT2D eigenvalue weighted by Crippen LogP contribution is 2.25. The van der Waals surface area contributed by atoms with Crippen molar-refractivity contribution in [1.29, 1.82) is 0 Å². The molecule has 100 valence electrons. The molecule has 0 amide bonds. The highest BCUT2D eigenvalue weighted by molar-refractivity contribution is 5.71. The second-order valence-corrected chi connectivity index (χ2v) is 3.71. The summed E-state index contributed by atoms with van der Waals surface area (Å²) < 4.78 is 36.9. The Morgan fingerprint density at radius 2 is 2.11 bits per heavy atom. The zero-order valence-electron chi connectivity index (χ0n) is 9.53. The maximum atomic E-state index is 12.3. The van der Waals surface area contributed by atoms with Gasteiger partial charge in [-0.3, -0.25) is 14.8 Å². The lowest BCUT2D eigenvalue weighted by Gasteiger charge is -2.16. The summed E-state index contributed by atoms with van der Waals surface area (Å²) in [6.45, 7) is 1.07. The van der Waals surface area contributed by atoms with Crippen molar-refractivity contribution in [1.82, 2.24) is 15.3 Å². The van der Waals surface area contributed by atoms with Crippen molar-refractivity contribution in [2.24, 2.45) is 5.92 Å². The Labute approximate surface area is 101 Å². The van der Waals surface area contributed by atoms with Gasteiger partial charge in [0.25, 0.3) is 0 Å². The van der Waals surface area contributed by atoms with E-state index in [4.69, 9.17) is 5.11 Å². The van der Waals surface area contributed by atoms with Crippen LogP contribution in [0.2, 0.25) is 0 Å². The van der Waals surface area contributed by atoms with Crippen LogP contribution in [0.5, 0.6) is 0 Å². The Kier molecular flexibility index (Phi) is 4.60. The molecule has 0 radical (unpaired) electrons. The van der Waals surface area contributed by atoms with Gasteiger partial charge >= 0.3 is 12.1 Å². The standard InChI is InChI=1S/C10H12F3N3O2/c1-6-2-16-7(4-15-6)3-14-5-8(9(17)18)10(11,12)13/h2,4,8,14H,3,5H2,1H3,(H,17,18). The molecule has 1 unspecified atom stereocenters. The summed E-state index contributed by atoms with van der Waals surface area (Å²) in [6.07, 6.45) is -1.86. The Bertz CT molecular complexity index is 406. The summed E-state index contributed by atoms with van der Waals surface area (Å²) >= 11 is 0. The van der Waals surface area contributed by atoms with Crippen molar-refractivity contribution in [3.63, 3.8) is 0 Å². The molecule has 0 aliphatic carbocycles. The average Bonchev–Trinajstić information content (AvgIpc) is 2.24. The highest BCUT2D eigenvalue weighted by atomic mass is 19.4. The number of halogens is 3. The van der Waals surface area contributed by atoms with Crippen molar-refractivity contribution in [2.45, 2.75) is 19.6 Å². The van der Waals surface area contributed by atoms with E-state index in [1.165, 1.54) is 12.4 Å². The minimum absolute atomic E-state index is 0.0349. The van der Waals surface area contributed by atoms with Gasteiger partial charge in [-0.05, 0) is 6.92 Å². The number of alkyl halides is 3. The van der Waals surface area contributed by atoms with Crippen molar-refractivity contribution >= 4 is 5.97 Å².